The SMILES string of the molecule is COc1ccc(CN(Cc2cc3ccc(Cl)cc3nc2-c2cc(OC)ccc2OC)C(C)=O)cc1. The molecule has 1 aromatic heterocycles. The Morgan fingerprint density at radius 2 is 1.57 bits per heavy atom. The Morgan fingerprint density at radius 1 is 0.857 bits per heavy atom. The number of fused-ring (bicyclic) bond motifs is 1. The molecule has 0 atom stereocenters. The normalized spacial score (nSPS) is 10.8. The van der Waals surface area contributed by atoms with Gasteiger partial charge in [-0.1, -0.05) is 29.8 Å². The van der Waals surface area contributed by atoms with Crippen molar-refractivity contribution < 1.29 is 19.0 Å². The van der Waals surface area contributed by atoms with Gasteiger partial charge in [0.1, 0.15) is 17.2 Å². The molecule has 0 radical (unpaired) electrons. The topological polar surface area (TPSA) is 60.9 Å². The van der Waals surface area contributed by atoms with Crippen LogP contribution in [0, 0.1) is 0 Å². The van der Waals surface area contributed by atoms with Crippen LogP contribution >= 0.6 is 11.6 Å². The Balaban J connectivity index is 1.81. The number of halogens is 1. The van der Waals surface area contributed by atoms with Crippen LogP contribution in [0.15, 0.2) is 66.7 Å². The molecule has 6 nitrogen and oxygen atoms in total. The molecule has 0 fully saturated rings. The maximum absolute atomic E-state index is 12.7. The monoisotopic (exact) mass is 490 g/mol. The number of ether oxygens (including phenoxy) is 3. The van der Waals surface area contributed by atoms with E-state index >= 15 is 0 Å². The molecule has 180 valence electrons. The highest BCUT2D eigenvalue weighted by Gasteiger charge is 2.19. The van der Waals surface area contributed by atoms with Gasteiger partial charge in [0.2, 0.25) is 5.91 Å². The van der Waals surface area contributed by atoms with Crippen LogP contribution in [0.25, 0.3) is 22.2 Å². The zero-order valence-electron chi connectivity index (χ0n) is 20.2. The molecule has 1 heterocycles. The summed E-state index contributed by atoms with van der Waals surface area (Å²) in [5.74, 6) is 2.07. The first-order valence-corrected chi connectivity index (χ1v) is 11.5. The van der Waals surface area contributed by atoms with Gasteiger partial charge in [-0.2, -0.15) is 0 Å². The number of hydrogen-bond donors (Lipinski definition) is 0. The van der Waals surface area contributed by atoms with Gasteiger partial charge < -0.3 is 19.1 Å². The van der Waals surface area contributed by atoms with Crippen LogP contribution in [0.2, 0.25) is 5.02 Å². The molecule has 1 amide bonds. The number of aromatic nitrogens is 1. The number of carbonyl (C=O) groups is 1. The highest BCUT2D eigenvalue weighted by Crippen LogP contribution is 2.36. The fourth-order valence-corrected chi connectivity index (χ4v) is 4.14. The molecule has 0 bridgehead atoms. The predicted octanol–water partition coefficient (Wildman–Crippen LogP) is 6.13. The molecule has 7 heteroatoms. The summed E-state index contributed by atoms with van der Waals surface area (Å²) in [4.78, 5) is 19.4. The van der Waals surface area contributed by atoms with Crippen molar-refractivity contribution in [3.63, 3.8) is 0 Å². The first kappa shape index (κ1) is 24.4. The molecule has 4 rings (SSSR count). The van der Waals surface area contributed by atoms with Crippen LogP contribution in [-0.4, -0.2) is 37.1 Å². The summed E-state index contributed by atoms with van der Waals surface area (Å²) in [7, 11) is 4.87. The van der Waals surface area contributed by atoms with E-state index in [9.17, 15) is 4.79 Å². The summed E-state index contributed by atoms with van der Waals surface area (Å²) in [6.07, 6.45) is 0. The van der Waals surface area contributed by atoms with Gasteiger partial charge in [0, 0.05) is 36.0 Å². The second-order valence-corrected chi connectivity index (χ2v) is 8.56. The Kier molecular flexibility index (Phi) is 7.42. The molecule has 0 spiro atoms. The number of rotatable bonds is 8. The van der Waals surface area contributed by atoms with Crippen molar-refractivity contribution in [2.45, 2.75) is 20.0 Å². The van der Waals surface area contributed by atoms with Crippen molar-refractivity contribution in [1.29, 1.82) is 0 Å². The third-order valence-corrected chi connectivity index (χ3v) is 6.09. The van der Waals surface area contributed by atoms with Gasteiger partial charge >= 0.3 is 0 Å². The van der Waals surface area contributed by atoms with E-state index in [-0.39, 0.29) is 5.91 Å². The molecule has 0 saturated heterocycles. The first-order valence-electron chi connectivity index (χ1n) is 11.1. The van der Waals surface area contributed by atoms with Crippen molar-refractivity contribution in [1.82, 2.24) is 9.88 Å². The summed E-state index contributed by atoms with van der Waals surface area (Å²) in [5.41, 5.74) is 4.12. The lowest BCUT2D eigenvalue weighted by molar-refractivity contribution is -0.130. The lowest BCUT2D eigenvalue weighted by Gasteiger charge is -2.23. The minimum Gasteiger partial charge on any atom is -0.497 e. The van der Waals surface area contributed by atoms with Crippen molar-refractivity contribution >= 4 is 28.4 Å². The smallest absolute Gasteiger partial charge is 0.220 e. The van der Waals surface area contributed by atoms with E-state index in [1.807, 2.05) is 60.7 Å². The molecule has 0 aliphatic rings. The summed E-state index contributed by atoms with van der Waals surface area (Å²) < 4.78 is 16.4. The molecular formula is C28H27ClN2O4. The fraction of sp³-hybridized carbons (Fsp3) is 0.214. The van der Waals surface area contributed by atoms with E-state index in [1.54, 1.807) is 33.2 Å². The summed E-state index contributed by atoms with van der Waals surface area (Å²) in [6.45, 7) is 2.39. The largest absolute Gasteiger partial charge is 0.497 e. The molecular weight excluding hydrogens is 464 g/mol. The second-order valence-electron chi connectivity index (χ2n) is 8.12. The van der Waals surface area contributed by atoms with E-state index < -0.39 is 0 Å². The zero-order chi connectivity index (χ0) is 24.9. The Labute approximate surface area is 210 Å². The lowest BCUT2D eigenvalue weighted by Crippen LogP contribution is -2.28. The Hall–Kier alpha value is -3.77. The Morgan fingerprint density at radius 3 is 2.23 bits per heavy atom. The van der Waals surface area contributed by atoms with Crippen LogP contribution < -0.4 is 14.2 Å². The standard InChI is InChI=1S/C28H27ClN2O4/c1-18(32)31(16-19-5-9-23(33-2)10-6-19)17-21-13-20-7-8-22(29)14-26(20)30-28(21)25-15-24(34-3)11-12-27(25)35-4/h5-15H,16-17H2,1-4H3. The third-order valence-electron chi connectivity index (χ3n) is 5.86. The quantitative estimate of drug-likeness (QED) is 0.297. The van der Waals surface area contributed by atoms with E-state index in [0.29, 0.717) is 35.3 Å². The number of pyridine rings is 1. The van der Waals surface area contributed by atoms with Crippen molar-refractivity contribution in [2.24, 2.45) is 0 Å². The summed E-state index contributed by atoms with van der Waals surface area (Å²) in [6, 6.07) is 20.9. The molecule has 0 unspecified atom stereocenters. The van der Waals surface area contributed by atoms with Gasteiger partial charge in [-0.3, -0.25) is 4.79 Å². The minimum atomic E-state index is -0.0411. The number of hydrogen-bond acceptors (Lipinski definition) is 5. The van der Waals surface area contributed by atoms with Crippen LogP contribution in [-0.2, 0) is 17.9 Å². The number of amides is 1. The van der Waals surface area contributed by atoms with Gasteiger partial charge in [0.15, 0.2) is 0 Å². The van der Waals surface area contributed by atoms with Crippen molar-refractivity contribution in [3.05, 3.63) is 82.9 Å². The van der Waals surface area contributed by atoms with Gasteiger partial charge in [0.05, 0.1) is 32.5 Å². The third kappa shape index (κ3) is 5.49. The minimum absolute atomic E-state index is 0.0411. The first-order chi connectivity index (χ1) is 16.9. The molecule has 4 aromatic rings. The van der Waals surface area contributed by atoms with Gasteiger partial charge in [0.25, 0.3) is 0 Å². The lowest BCUT2D eigenvalue weighted by atomic mass is 10.0. The second kappa shape index (κ2) is 10.7. The molecule has 0 N–H and O–H groups in total. The predicted molar refractivity (Wildman–Crippen MR) is 138 cm³/mol. The highest BCUT2D eigenvalue weighted by atomic mass is 35.5. The Bertz CT molecular complexity index is 1360. The van der Waals surface area contributed by atoms with Gasteiger partial charge in [-0.05, 0) is 59.7 Å². The molecule has 0 saturated carbocycles. The van der Waals surface area contributed by atoms with Gasteiger partial charge in [-0.15, -0.1) is 0 Å². The van der Waals surface area contributed by atoms with Crippen LogP contribution in [0.4, 0.5) is 0 Å². The zero-order valence-corrected chi connectivity index (χ0v) is 20.9. The van der Waals surface area contributed by atoms with E-state index in [0.717, 1.165) is 33.3 Å². The van der Waals surface area contributed by atoms with Crippen molar-refractivity contribution in [2.75, 3.05) is 21.3 Å². The number of carbonyl (C=O) groups excluding carboxylic acids is 1. The van der Waals surface area contributed by atoms with Crippen molar-refractivity contribution in [3.8, 4) is 28.5 Å². The van der Waals surface area contributed by atoms with Crippen LogP contribution in [0.5, 0.6) is 17.2 Å². The fourth-order valence-electron chi connectivity index (χ4n) is 3.97. The molecule has 0 aliphatic heterocycles. The summed E-state index contributed by atoms with van der Waals surface area (Å²) >= 11 is 6.25. The number of benzene rings is 3. The molecule has 3 aromatic carbocycles. The van der Waals surface area contributed by atoms with E-state index in [1.165, 1.54) is 0 Å². The van der Waals surface area contributed by atoms with E-state index in [4.69, 9.17) is 30.8 Å². The summed E-state index contributed by atoms with van der Waals surface area (Å²) in [5, 5.41) is 1.54. The van der Waals surface area contributed by atoms with Crippen LogP contribution in [0.1, 0.15) is 18.1 Å². The highest BCUT2D eigenvalue weighted by molar-refractivity contribution is 6.31. The average Bonchev–Trinajstić information content (AvgIpc) is 2.87. The van der Waals surface area contributed by atoms with E-state index in [2.05, 4.69) is 6.07 Å². The maximum atomic E-state index is 12.7. The van der Waals surface area contributed by atoms with Gasteiger partial charge in [-0.25, -0.2) is 4.98 Å². The number of methoxy groups -OCH3 is 3. The molecule has 35 heavy (non-hydrogen) atoms. The van der Waals surface area contributed by atoms with Crippen LogP contribution in [0.3, 0.4) is 0 Å². The average molecular weight is 491 g/mol. The number of nitrogens with zero attached hydrogens (tertiary/aromatic N) is 2. The maximum Gasteiger partial charge on any atom is 0.220 e. The molecule has 0 aliphatic carbocycles.